The molecule has 2 aliphatic rings. The molecule has 1 aliphatic heterocycles. The van der Waals surface area contributed by atoms with Crippen molar-refractivity contribution in [2.24, 2.45) is 5.41 Å². The first-order valence-corrected chi connectivity index (χ1v) is 8.02. The Kier molecular flexibility index (Phi) is 4.52. The van der Waals surface area contributed by atoms with E-state index in [1.165, 1.54) is 11.1 Å². The summed E-state index contributed by atoms with van der Waals surface area (Å²) in [5.41, 5.74) is 2.46. The number of urea groups is 1. The monoisotopic (exact) mass is 318 g/mol. The summed E-state index contributed by atoms with van der Waals surface area (Å²) in [6, 6.07) is 7.86. The second-order valence-corrected chi connectivity index (χ2v) is 6.33. The van der Waals surface area contributed by atoms with Gasteiger partial charge in [-0.05, 0) is 30.4 Å². The summed E-state index contributed by atoms with van der Waals surface area (Å²) in [5, 5.41) is 14.4. The maximum absolute atomic E-state index is 12.2. The quantitative estimate of drug-likeness (QED) is 0.790. The fraction of sp³-hybridized carbons (Fsp3) is 0.529. The van der Waals surface area contributed by atoms with E-state index in [0.29, 0.717) is 13.2 Å². The normalized spacial score (nSPS) is 21.7. The number of nitrogens with one attached hydrogen (secondary N) is 2. The maximum atomic E-state index is 12.2. The zero-order chi connectivity index (χ0) is 16.3. The van der Waals surface area contributed by atoms with Crippen molar-refractivity contribution in [1.29, 1.82) is 0 Å². The molecule has 6 nitrogen and oxygen atoms in total. The first kappa shape index (κ1) is 15.8. The van der Waals surface area contributed by atoms with E-state index in [-0.39, 0.29) is 30.5 Å². The van der Waals surface area contributed by atoms with Crippen LogP contribution >= 0.6 is 0 Å². The fourth-order valence-electron chi connectivity index (χ4n) is 3.73. The number of benzene rings is 1. The summed E-state index contributed by atoms with van der Waals surface area (Å²) >= 11 is 0. The molecule has 2 amide bonds. The average molecular weight is 318 g/mol. The van der Waals surface area contributed by atoms with Gasteiger partial charge < -0.3 is 20.5 Å². The van der Waals surface area contributed by atoms with Gasteiger partial charge in [0.2, 0.25) is 0 Å². The molecule has 1 heterocycles. The van der Waals surface area contributed by atoms with E-state index in [0.717, 1.165) is 19.3 Å². The number of amides is 2. The average Bonchev–Trinajstić information content (AvgIpc) is 2.81. The van der Waals surface area contributed by atoms with E-state index in [9.17, 15) is 9.59 Å². The van der Waals surface area contributed by atoms with Crippen LogP contribution in [0.15, 0.2) is 24.3 Å². The Morgan fingerprint density at radius 1 is 1.26 bits per heavy atom. The van der Waals surface area contributed by atoms with E-state index < -0.39 is 5.97 Å². The van der Waals surface area contributed by atoms with Crippen LogP contribution in [-0.4, -0.2) is 36.9 Å². The first-order valence-electron chi connectivity index (χ1n) is 8.02. The van der Waals surface area contributed by atoms with Crippen LogP contribution in [0.25, 0.3) is 0 Å². The molecule has 1 aliphatic carbocycles. The molecule has 1 unspecified atom stereocenters. The molecular weight excluding hydrogens is 296 g/mol. The molecule has 23 heavy (non-hydrogen) atoms. The third kappa shape index (κ3) is 3.32. The van der Waals surface area contributed by atoms with E-state index in [4.69, 9.17) is 9.84 Å². The summed E-state index contributed by atoms with van der Waals surface area (Å²) in [7, 11) is 0. The number of ether oxygens (including phenoxy) is 1. The van der Waals surface area contributed by atoms with Gasteiger partial charge in [-0.1, -0.05) is 24.3 Å². The fourth-order valence-corrected chi connectivity index (χ4v) is 3.73. The Morgan fingerprint density at radius 3 is 2.74 bits per heavy atom. The molecule has 0 aromatic heterocycles. The summed E-state index contributed by atoms with van der Waals surface area (Å²) in [5.74, 6) is -0.919. The van der Waals surface area contributed by atoms with Crippen LogP contribution in [0.1, 0.15) is 36.4 Å². The predicted molar refractivity (Wildman–Crippen MR) is 84.2 cm³/mol. The maximum Gasteiger partial charge on any atom is 0.315 e. The van der Waals surface area contributed by atoms with Gasteiger partial charge in [0.1, 0.15) is 0 Å². The molecule has 3 N–H and O–H groups in total. The molecule has 1 saturated heterocycles. The van der Waals surface area contributed by atoms with Crippen molar-refractivity contribution in [2.75, 3.05) is 19.8 Å². The predicted octanol–water partition coefficient (Wildman–Crippen LogP) is 1.85. The van der Waals surface area contributed by atoms with Crippen molar-refractivity contribution in [2.45, 2.75) is 31.7 Å². The Morgan fingerprint density at radius 2 is 2.00 bits per heavy atom. The van der Waals surface area contributed by atoms with Crippen LogP contribution in [-0.2, 0) is 16.0 Å². The largest absolute Gasteiger partial charge is 0.481 e. The number of hydrogen-bond donors (Lipinski definition) is 3. The number of fused-ring (bicyclic) bond motifs is 1. The second-order valence-electron chi connectivity index (χ2n) is 6.33. The van der Waals surface area contributed by atoms with Crippen molar-refractivity contribution in [3.63, 3.8) is 0 Å². The molecule has 1 spiro atoms. The van der Waals surface area contributed by atoms with Crippen molar-refractivity contribution >= 4 is 12.0 Å². The van der Waals surface area contributed by atoms with Crippen molar-refractivity contribution in [1.82, 2.24) is 10.6 Å². The number of aliphatic carboxylic acids is 1. The topological polar surface area (TPSA) is 87.7 Å². The molecule has 0 radical (unpaired) electrons. The minimum atomic E-state index is -0.919. The smallest absolute Gasteiger partial charge is 0.315 e. The molecule has 1 aromatic rings. The lowest BCUT2D eigenvalue weighted by molar-refractivity contribution is -0.136. The Balaban J connectivity index is 1.73. The highest BCUT2D eigenvalue weighted by Gasteiger charge is 2.47. The lowest BCUT2D eigenvalue weighted by Gasteiger charge is -2.39. The third-order valence-corrected chi connectivity index (χ3v) is 4.91. The molecule has 3 rings (SSSR count). The number of carboxylic acid groups (broad SMARTS) is 1. The standard InChI is InChI=1S/C17H22N2O4/c20-14(21)5-8-18-16(22)19-15-13-4-2-1-3-12(13)11-17(15)6-9-23-10-7-17/h1-4,15H,5-11H2,(H,20,21)(H2,18,19,22). The number of carbonyl (C=O) groups excluding carboxylic acids is 1. The minimum Gasteiger partial charge on any atom is -0.481 e. The van der Waals surface area contributed by atoms with Gasteiger partial charge in [0.05, 0.1) is 12.5 Å². The lowest BCUT2D eigenvalue weighted by Crippen LogP contribution is -2.46. The molecule has 1 fully saturated rings. The highest BCUT2D eigenvalue weighted by atomic mass is 16.5. The minimum absolute atomic E-state index is 0.00603. The summed E-state index contributed by atoms with van der Waals surface area (Å²) in [6.45, 7) is 1.56. The summed E-state index contributed by atoms with van der Waals surface area (Å²) in [4.78, 5) is 22.7. The van der Waals surface area contributed by atoms with Gasteiger partial charge in [-0.3, -0.25) is 4.79 Å². The molecule has 0 bridgehead atoms. The van der Waals surface area contributed by atoms with E-state index in [1.807, 2.05) is 12.1 Å². The second kappa shape index (κ2) is 6.58. The molecule has 124 valence electrons. The van der Waals surface area contributed by atoms with Gasteiger partial charge in [-0.2, -0.15) is 0 Å². The molecule has 1 atom stereocenters. The van der Waals surface area contributed by atoms with Crippen LogP contribution in [0.2, 0.25) is 0 Å². The number of hydrogen-bond acceptors (Lipinski definition) is 3. The van der Waals surface area contributed by atoms with Gasteiger partial charge in [-0.25, -0.2) is 4.79 Å². The van der Waals surface area contributed by atoms with Gasteiger partial charge in [0, 0.05) is 25.2 Å². The number of rotatable bonds is 4. The summed E-state index contributed by atoms with van der Waals surface area (Å²) in [6.07, 6.45) is 2.71. The zero-order valence-corrected chi connectivity index (χ0v) is 13.0. The van der Waals surface area contributed by atoms with Gasteiger partial charge >= 0.3 is 12.0 Å². The van der Waals surface area contributed by atoms with Crippen LogP contribution in [0.4, 0.5) is 4.79 Å². The zero-order valence-electron chi connectivity index (χ0n) is 13.0. The first-order chi connectivity index (χ1) is 11.1. The van der Waals surface area contributed by atoms with Crippen LogP contribution in [0.3, 0.4) is 0 Å². The highest BCUT2D eigenvalue weighted by Crippen LogP contribution is 2.51. The Hall–Kier alpha value is -2.08. The molecule has 0 saturated carbocycles. The highest BCUT2D eigenvalue weighted by molar-refractivity contribution is 5.76. The van der Waals surface area contributed by atoms with E-state index in [1.54, 1.807) is 0 Å². The van der Waals surface area contributed by atoms with Gasteiger partial charge in [0.15, 0.2) is 0 Å². The number of carboxylic acids is 1. The summed E-state index contributed by atoms with van der Waals surface area (Å²) < 4.78 is 5.51. The van der Waals surface area contributed by atoms with E-state index in [2.05, 4.69) is 22.8 Å². The van der Waals surface area contributed by atoms with Gasteiger partial charge in [-0.15, -0.1) is 0 Å². The van der Waals surface area contributed by atoms with E-state index >= 15 is 0 Å². The molecule has 1 aromatic carbocycles. The third-order valence-electron chi connectivity index (χ3n) is 4.91. The van der Waals surface area contributed by atoms with Crippen molar-refractivity contribution in [3.8, 4) is 0 Å². The lowest BCUT2D eigenvalue weighted by atomic mass is 9.74. The van der Waals surface area contributed by atoms with Crippen LogP contribution < -0.4 is 10.6 Å². The Labute approximate surface area is 135 Å². The SMILES string of the molecule is O=C(O)CCNC(=O)NC1c2ccccc2CC12CCOCC2. The van der Waals surface area contributed by atoms with Crippen molar-refractivity contribution < 1.29 is 19.4 Å². The Bertz CT molecular complexity index is 596. The van der Waals surface area contributed by atoms with Crippen LogP contribution in [0, 0.1) is 5.41 Å². The van der Waals surface area contributed by atoms with Gasteiger partial charge in [0.25, 0.3) is 0 Å². The molecular formula is C17H22N2O4. The van der Waals surface area contributed by atoms with Crippen LogP contribution in [0.5, 0.6) is 0 Å². The molecule has 6 heteroatoms. The van der Waals surface area contributed by atoms with Crippen molar-refractivity contribution in [3.05, 3.63) is 35.4 Å². The number of carbonyl (C=O) groups is 2.